The van der Waals surface area contributed by atoms with Crippen molar-refractivity contribution in [1.29, 1.82) is 0 Å². The summed E-state index contributed by atoms with van der Waals surface area (Å²) >= 11 is 3.34. The number of anilines is 1. The van der Waals surface area contributed by atoms with Gasteiger partial charge in [-0.1, -0.05) is 28.9 Å². The van der Waals surface area contributed by atoms with Crippen molar-refractivity contribution in [2.75, 3.05) is 11.1 Å². The minimum absolute atomic E-state index is 0.0448. The molecule has 23 heavy (non-hydrogen) atoms. The van der Waals surface area contributed by atoms with Crippen LogP contribution in [0.4, 0.5) is 5.69 Å². The molecule has 0 aliphatic heterocycles. The van der Waals surface area contributed by atoms with Crippen LogP contribution >= 0.6 is 15.9 Å². The second-order valence-corrected chi connectivity index (χ2v) is 9.01. The fraction of sp³-hybridized carbons (Fsp3) is 0.562. The third-order valence-corrected chi connectivity index (χ3v) is 5.98. The second kappa shape index (κ2) is 7.77. The van der Waals surface area contributed by atoms with Crippen molar-refractivity contribution in [3.63, 3.8) is 0 Å². The van der Waals surface area contributed by atoms with E-state index >= 15 is 0 Å². The Balaban J connectivity index is 1.92. The molecule has 7 heteroatoms. The number of nitrogens with one attached hydrogen (secondary N) is 2. The molecular formula is C16H23BrN2O3S. The van der Waals surface area contributed by atoms with E-state index in [2.05, 4.69) is 32.9 Å². The highest BCUT2D eigenvalue weighted by molar-refractivity contribution is 9.10. The van der Waals surface area contributed by atoms with Crippen LogP contribution in [0.15, 0.2) is 22.7 Å². The number of amides is 1. The molecule has 0 aromatic heterocycles. The highest BCUT2D eigenvalue weighted by atomic mass is 79.9. The Bertz CT molecular complexity index is 668. The summed E-state index contributed by atoms with van der Waals surface area (Å²) < 4.78 is 27.8. The number of rotatable bonds is 5. The molecule has 1 saturated carbocycles. The fourth-order valence-corrected chi connectivity index (χ4v) is 4.37. The van der Waals surface area contributed by atoms with E-state index in [1.807, 2.05) is 19.1 Å². The maximum atomic E-state index is 12.2. The van der Waals surface area contributed by atoms with Crippen LogP contribution in [-0.2, 0) is 14.8 Å². The number of aryl methyl sites for hydroxylation is 1. The Kier molecular flexibility index (Phi) is 6.22. The Morgan fingerprint density at radius 3 is 2.57 bits per heavy atom. The molecule has 2 rings (SSSR count). The standard InChI is InChI=1S/C16H23BrN2O3S/c1-11-3-7-14(8-4-11)19-23(21,22)10-16(20)18-15-9-13(17)6-5-12(15)2/h5-6,9,11,14,19H,3-4,7-8,10H2,1-2H3,(H,18,20). The monoisotopic (exact) mass is 402 g/mol. The van der Waals surface area contributed by atoms with Gasteiger partial charge in [-0.3, -0.25) is 4.79 Å². The molecule has 1 aromatic carbocycles. The van der Waals surface area contributed by atoms with Gasteiger partial charge in [0, 0.05) is 16.2 Å². The van der Waals surface area contributed by atoms with Crippen molar-refractivity contribution in [1.82, 2.24) is 4.72 Å². The summed E-state index contributed by atoms with van der Waals surface area (Å²) in [6.07, 6.45) is 3.73. The van der Waals surface area contributed by atoms with Gasteiger partial charge in [-0.2, -0.15) is 0 Å². The van der Waals surface area contributed by atoms with Crippen molar-refractivity contribution >= 4 is 37.5 Å². The SMILES string of the molecule is Cc1ccc(Br)cc1NC(=O)CS(=O)(=O)NC1CCC(C)CC1. The molecule has 0 unspecified atom stereocenters. The van der Waals surface area contributed by atoms with Gasteiger partial charge in [0.1, 0.15) is 5.75 Å². The van der Waals surface area contributed by atoms with Crippen LogP contribution in [-0.4, -0.2) is 26.1 Å². The molecular weight excluding hydrogens is 380 g/mol. The summed E-state index contributed by atoms with van der Waals surface area (Å²) in [4.78, 5) is 12.0. The van der Waals surface area contributed by atoms with Gasteiger partial charge in [-0.15, -0.1) is 0 Å². The van der Waals surface area contributed by atoms with E-state index < -0.39 is 21.7 Å². The van der Waals surface area contributed by atoms with Crippen LogP contribution in [0.3, 0.4) is 0 Å². The van der Waals surface area contributed by atoms with Gasteiger partial charge < -0.3 is 5.32 Å². The third kappa shape index (κ3) is 5.90. The first-order valence-electron chi connectivity index (χ1n) is 7.81. The largest absolute Gasteiger partial charge is 0.325 e. The number of carbonyl (C=O) groups excluding carboxylic acids is 1. The van der Waals surface area contributed by atoms with Crippen molar-refractivity contribution in [2.24, 2.45) is 5.92 Å². The summed E-state index contributed by atoms with van der Waals surface area (Å²) in [6, 6.07) is 5.44. The van der Waals surface area contributed by atoms with Crippen LogP contribution in [0.1, 0.15) is 38.2 Å². The van der Waals surface area contributed by atoms with E-state index in [-0.39, 0.29) is 6.04 Å². The number of hydrogen-bond donors (Lipinski definition) is 2. The zero-order chi connectivity index (χ0) is 17.0. The lowest BCUT2D eigenvalue weighted by Crippen LogP contribution is -2.41. The van der Waals surface area contributed by atoms with E-state index in [1.165, 1.54) is 0 Å². The van der Waals surface area contributed by atoms with E-state index in [1.54, 1.807) is 6.07 Å². The highest BCUT2D eigenvalue weighted by Gasteiger charge is 2.24. The van der Waals surface area contributed by atoms with E-state index in [4.69, 9.17) is 0 Å². The van der Waals surface area contributed by atoms with Crippen molar-refractivity contribution in [3.8, 4) is 0 Å². The van der Waals surface area contributed by atoms with Gasteiger partial charge in [0.2, 0.25) is 15.9 Å². The highest BCUT2D eigenvalue weighted by Crippen LogP contribution is 2.24. The van der Waals surface area contributed by atoms with Crippen molar-refractivity contribution < 1.29 is 13.2 Å². The molecule has 1 aliphatic carbocycles. The van der Waals surface area contributed by atoms with Gasteiger partial charge in [-0.05, 0) is 56.2 Å². The molecule has 0 saturated heterocycles. The van der Waals surface area contributed by atoms with Gasteiger partial charge >= 0.3 is 0 Å². The minimum Gasteiger partial charge on any atom is -0.325 e. The molecule has 0 heterocycles. The Morgan fingerprint density at radius 2 is 1.91 bits per heavy atom. The Hall–Kier alpha value is -0.920. The normalized spacial score (nSPS) is 21.9. The lowest BCUT2D eigenvalue weighted by atomic mass is 9.88. The average Bonchev–Trinajstić information content (AvgIpc) is 2.44. The maximum absolute atomic E-state index is 12.2. The van der Waals surface area contributed by atoms with Gasteiger partial charge in [0.25, 0.3) is 0 Å². The summed E-state index contributed by atoms with van der Waals surface area (Å²) in [5.41, 5.74) is 1.50. The number of sulfonamides is 1. The first kappa shape index (κ1) is 18.4. The van der Waals surface area contributed by atoms with Gasteiger partial charge in [0.05, 0.1) is 0 Å². The summed E-state index contributed by atoms with van der Waals surface area (Å²) in [6.45, 7) is 4.04. The predicted molar refractivity (Wildman–Crippen MR) is 95.9 cm³/mol. The van der Waals surface area contributed by atoms with E-state index in [0.29, 0.717) is 11.6 Å². The smallest absolute Gasteiger partial charge is 0.241 e. The lowest BCUT2D eigenvalue weighted by Gasteiger charge is -2.26. The summed E-state index contributed by atoms with van der Waals surface area (Å²) in [7, 11) is -3.61. The van der Waals surface area contributed by atoms with Crippen molar-refractivity contribution in [2.45, 2.75) is 45.6 Å². The first-order valence-corrected chi connectivity index (χ1v) is 10.3. The predicted octanol–water partition coefficient (Wildman–Crippen LogP) is 3.19. The fourth-order valence-electron chi connectivity index (χ4n) is 2.76. The number of benzene rings is 1. The van der Waals surface area contributed by atoms with Crippen molar-refractivity contribution in [3.05, 3.63) is 28.2 Å². The zero-order valence-electron chi connectivity index (χ0n) is 13.4. The molecule has 0 bridgehead atoms. The van der Waals surface area contributed by atoms with Gasteiger partial charge in [0.15, 0.2) is 0 Å². The minimum atomic E-state index is -3.61. The van der Waals surface area contributed by atoms with Crippen LogP contribution < -0.4 is 10.0 Å². The quantitative estimate of drug-likeness (QED) is 0.793. The topological polar surface area (TPSA) is 75.3 Å². The van der Waals surface area contributed by atoms with E-state index in [0.717, 1.165) is 35.7 Å². The van der Waals surface area contributed by atoms with Crippen LogP contribution in [0, 0.1) is 12.8 Å². The zero-order valence-corrected chi connectivity index (χ0v) is 15.8. The number of hydrogen-bond acceptors (Lipinski definition) is 3. The van der Waals surface area contributed by atoms with E-state index in [9.17, 15) is 13.2 Å². The van der Waals surface area contributed by atoms with Crippen LogP contribution in [0.25, 0.3) is 0 Å². The summed E-state index contributed by atoms with van der Waals surface area (Å²) in [5.74, 6) is -0.424. The lowest BCUT2D eigenvalue weighted by molar-refractivity contribution is -0.113. The second-order valence-electron chi connectivity index (χ2n) is 6.34. The molecule has 0 spiro atoms. The molecule has 1 fully saturated rings. The number of carbonyl (C=O) groups is 1. The molecule has 0 atom stereocenters. The summed E-state index contributed by atoms with van der Waals surface area (Å²) in [5, 5.41) is 2.66. The molecule has 0 radical (unpaired) electrons. The molecule has 1 aromatic rings. The number of halogens is 1. The van der Waals surface area contributed by atoms with Crippen LogP contribution in [0.5, 0.6) is 0 Å². The molecule has 2 N–H and O–H groups in total. The Labute approximate surface area is 146 Å². The van der Waals surface area contributed by atoms with Gasteiger partial charge in [-0.25, -0.2) is 13.1 Å². The van der Waals surface area contributed by atoms with Crippen LogP contribution in [0.2, 0.25) is 0 Å². The molecule has 5 nitrogen and oxygen atoms in total. The molecule has 128 valence electrons. The molecule has 1 amide bonds. The maximum Gasteiger partial charge on any atom is 0.241 e. The Morgan fingerprint density at radius 1 is 1.26 bits per heavy atom. The molecule has 1 aliphatic rings. The third-order valence-electron chi connectivity index (χ3n) is 4.16. The average molecular weight is 403 g/mol. The first-order chi connectivity index (χ1) is 10.7.